The van der Waals surface area contributed by atoms with Crippen molar-refractivity contribution in [3.8, 4) is 5.75 Å². The number of hydrogen-bond donors (Lipinski definition) is 1. The van der Waals surface area contributed by atoms with Crippen LogP contribution < -0.4 is 0 Å². The van der Waals surface area contributed by atoms with Crippen molar-refractivity contribution in [3.63, 3.8) is 0 Å². The van der Waals surface area contributed by atoms with E-state index in [1.54, 1.807) is 0 Å². The van der Waals surface area contributed by atoms with Gasteiger partial charge in [-0.15, -0.1) is 0 Å². The summed E-state index contributed by atoms with van der Waals surface area (Å²) in [5.41, 5.74) is 1.12. The Bertz CT molecular complexity index is 959. The first kappa shape index (κ1) is 16.2. The average molecular weight is 348 g/mol. The molecule has 1 heterocycles. The van der Waals surface area contributed by atoms with Crippen molar-refractivity contribution in [3.05, 3.63) is 59.4 Å². The van der Waals surface area contributed by atoms with Crippen LogP contribution in [-0.2, 0) is 19.4 Å². The maximum Gasteiger partial charge on any atom is 0.339 e. The van der Waals surface area contributed by atoms with Crippen molar-refractivity contribution in [2.45, 2.75) is 4.90 Å². The van der Waals surface area contributed by atoms with Crippen molar-refractivity contribution < 1.29 is 27.4 Å². The molecule has 124 valence electrons. The predicted molar refractivity (Wildman–Crippen MR) is 85.4 cm³/mol. The summed E-state index contributed by atoms with van der Waals surface area (Å²) in [6.07, 6.45) is 1.09. The molecule has 0 atom stereocenters. The molecule has 0 fully saturated rings. The minimum absolute atomic E-state index is 0.0936. The first-order valence-electron chi connectivity index (χ1n) is 6.97. The van der Waals surface area contributed by atoms with Crippen LogP contribution in [0.2, 0.25) is 0 Å². The van der Waals surface area contributed by atoms with E-state index in [-0.39, 0.29) is 28.4 Å². The number of sulfone groups is 1. The molecule has 0 unspecified atom stereocenters. The van der Waals surface area contributed by atoms with E-state index >= 15 is 0 Å². The first-order valence-corrected chi connectivity index (χ1v) is 8.86. The summed E-state index contributed by atoms with van der Waals surface area (Å²) < 4.78 is 42.1. The van der Waals surface area contributed by atoms with Gasteiger partial charge in [0.1, 0.15) is 18.2 Å². The van der Waals surface area contributed by atoms with Crippen molar-refractivity contribution >= 4 is 27.0 Å². The fourth-order valence-corrected chi connectivity index (χ4v) is 3.16. The standard InChI is InChI=1S/C17H13FO5S/c1-24(21,22)12-5-2-10(3-6-12)16-14(9-23-17(16)20)13-7-4-11(19)8-15(13)18/h2-8,19H,9H2,1H3. The van der Waals surface area contributed by atoms with Crippen molar-refractivity contribution in [1.82, 2.24) is 0 Å². The summed E-state index contributed by atoms with van der Waals surface area (Å²) in [5, 5.41) is 9.31. The third kappa shape index (κ3) is 2.90. The second-order valence-electron chi connectivity index (χ2n) is 5.39. The number of phenols is 1. The molecule has 24 heavy (non-hydrogen) atoms. The topological polar surface area (TPSA) is 80.7 Å². The van der Waals surface area contributed by atoms with E-state index < -0.39 is 21.6 Å². The van der Waals surface area contributed by atoms with Crippen LogP contribution in [0.25, 0.3) is 11.1 Å². The lowest BCUT2D eigenvalue weighted by Crippen LogP contribution is -2.00. The van der Waals surface area contributed by atoms with Crippen molar-refractivity contribution in [2.24, 2.45) is 0 Å². The number of esters is 1. The Morgan fingerprint density at radius 3 is 2.38 bits per heavy atom. The van der Waals surface area contributed by atoms with E-state index in [9.17, 15) is 22.7 Å². The monoisotopic (exact) mass is 348 g/mol. The van der Waals surface area contributed by atoms with Gasteiger partial charge in [0, 0.05) is 23.5 Å². The molecule has 1 aliphatic rings. The van der Waals surface area contributed by atoms with E-state index in [0.717, 1.165) is 12.3 Å². The molecular formula is C17H13FO5S. The van der Waals surface area contributed by atoms with Crippen LogP contribution in [0.15, 0.2) is 47.4 Å². The largest absolute Gasteiger partial charge is 0.508 e. The van der Waals surface area contributed by atoms with Gasteiger partial charge in [-0.3, -0.25) is 0 Å². The minimum Gasteiger partial charge on any atom is -0.508 e. The molecule has 2 aromatic carbocycles. The van der Waals surface area contributed by atoms with Crippen LogP contribution in [-0.4, -0.2) is 32.4 Å². The fraction of sp³-hybridized carbons (Fsp3) is 0.118. The third-order valence-electron chi connectivity index (χ3n) is 3.70. The molecule has 0 aliphatic carbocycles. The molecule has 0 aromatic heterocycles. The summed E-state index contributed by atoms with van der Waals surface area (Å²) in [6, 6.07) is 9.37. The second-order valence-corrected chi connectivity index (χ2v) is 7.41. The maximum atomic E-state index is 14.1. The average Bonchev–Trinajstić information content (AvgIpc) is 2.88. The maximum absolute atomic E-state index is 14.1. The number of phenolic OH excluding ortho intramolecular Hbond substituents is 1. The molecule has 0 radical (unpaired) electrons. The number of halogens is 1. The predicted octanol–water partition coefficient (Wildman–Crippen LogP) is 2.40. The van der Waals surface area contributed by atoms with E-state index in [1.165, 1.54) is 36.4 Å². The minimum atomic E-state index is -3.35. The molecule has 0 saturated carbocycles. The number of aromatic hydroxyl groups is 1. The summed E-state index contributed by atoms with van der Waals surface area (Å²) in [5.74, 6) is -1.50. The Morgan fingerprint density at radius 2 is 1.79 bits per heavy atom. The number of cyclic esters (lactones) is 1. The van der Waals surface area contributed by atoms with Gasteiger partial charge in [0.2, 0.25) is 0 Å². The lowest BCUT2D eigenvalue weighted by atomic mass is 9.96. The molecule has 0 saturated heterocycles. The lowest BCUT2D eigenvalue weighted by molar-refractivity contribution is -0.133. The van der Waals surface area contributed by atoms with Gasteiger partial charge in [-0.2, -0.15) is 0 Å². The highest BCUT2D eigenvalue weighted by Gasteiger charge is 2.29. The SMILES string of the molecule is CS(=O)(=O)c1ccc(C2=C(c3ccc(O)cc3F)COC2=O)cc1. The Labute approximate surface area is 137 Å². The first-order chi connectivity index (χ1) is 11.3. The van der Waals surface area contributed by atoms with Gasteiger partial charge >= 0.3 is 5.97 Å². The number of carbonyl (C=O) groups excluding carboxylic acids is 1. The van der Waals surface area contributed by atoms with Crippen LogP contribution in [0, 0.1) is 5.82 Å². The van der Waals surface area contributed by atoms with E-state index in [4.69, 9.17) is 4.74 Å². The van der Waals surface area contributed by atoms with E-state index in [2.05, 4.69) is 0 Å². The molecule has 0 spiro atoms. The van der Waals surface area contributed by atoms with Gasteiger partial charge in [0.05, 0.1) is 10.5 Å². The van der Waals surface area contributed by atoms with Crippen molar-refractivity contribution in [1.29, 1.82) is 0 Å². The Morgan fingerprint density at radius 1 is 1.12 bits per heavy atom. The normalized spacial score (nSPS) is 14.8. The van der Waals surface area contributed by atoms with Crippen LogP contribution in [0.1, 0.15) is 11.1 Å². The number of rotatable bonds is 3. The van der Waals surface area contributed by atoms with Gasteiger partial charge in [-0.1, -0.05) is 12.1 Å². The highest BCUT2D eigenvalue weighted by atomic mass is 32.2. The summed E-state index contributed by atoms with van der Waals surface area (Å²) >= 11 is 0. The van der Waals surface area contributed by atoms with E-state index in [0.29, 0.717) is 11.1 Å². The molecule has 1 aliphatic heterocycles. The van der Waals surface area contributed by atoms with Gasteiger partial charge in [-0.25, -0.2) is 17.6 Å². The number of ether oxygens (including phenoxy) is 1. The molecule has 2 aromatic rings. The molecule has 0 bridgehead atoms. The third-order valence-corrected chi connectivity index (χ3v) is 4.83. The molecule has 5 nitrogen and oxygen atoms in total. The summed E-state index contributed by atoms with van der Waals surface area (Å²) in [6.45, 7) is -0.0936. The van der Waals surface area contributed by atoms with E-state index in [1.807, 2.05) is 0 Å². The molecule has 7 heteroatoms. The zero-order valence-corrected chi connectivity index (χ0v) is 13.4. The Balaban J connectivity index is 2.13. The van der Waals surface area contributed by atoms with Gasteiger partial charge in [0.15, 0.2) is 9.84 Å². The van der Waals surface area contributed by atoms with Crippen molar-refractivity contribution in [2.75, 3.05) is 12.9 Å². The zero-order valence-electron chi connectivity index (χ0n) is 12.6. The second kappa shape index (κ2) is 5.76. The number of carbonyl (C=O) groups is 1. The van der Waals surface area contributed by atoms with Crippen LogP contribution in [0.4, 0.5) is 4.39 Å². The zero-order chi connectivity index (χ0) is 17.5. The lowest BCUT2D eigenvalue weighted by Gasteiger charge is -2.07. The number of hydrogen-bond acceptors (Lipinski definition) is 5. The van der Waals surface area contributed by atoms with Crippen LogP contribution in [0.3, 0.4) is 0 Å². The van der Waals surface area contributed by atoms with Gasteiger partial charge in [-0.05, 0) is 29.8 Å². The molecule has 3 rings (SSSR count). The summed E-state index contributed by atoms with van der Waals surface area (Å²) in [4.78, 5) is 12.2. The summed E-state index contributed by atoms with van der Waals surface area (Å²) in [7, 11) is -3.35. The molecule has 1 N–H and O–H groups in total. The molecular weight excluding hydrogens is 335 g/mol. The van der Waals surface area contributed by atoms with Crippen LogP contribution in [0.5, 0.6) is 5.75 Å². The Hall–Kier alpha value is -2.67. The van der Waals surface area contributed by atoms with Gasteiger partial charge in [0.25, 0.3) is 0 Å². The highest BCUT2D eigenvalue weighted by Crippen LogP contribution is 2.35. The van der Waals surface area contributed by atoms with Crippen LogP contribution >= 0.6 is 0 Å². The highest BCUT2D eigenvalue weighted by molar-refractivity contribution is 7.90. The smallest absolute Gasteiger partial charge is 0.339 e. The van der Waals surface area contributed by atoms with Gasteiger partial charge < -0.3 is 9.84 Å². The number of benzene rings is 2. The quantitative estimate of drug-likeness (QED) is 0.862. The Kier molecular flexibility index (Phi) is 3.88. The molecule has 0 amide bonds. The fourth-order valence-electron chi connectivity index (χ4n) is 2.53.